The summed E-state index contributed by atoms with van der Waals surface area (Å²) in [6.45, 7) is 5.25. The molecule has 0 amide bonds. The second kappa shape index (κ2) is 4.54. The molecule has 1 unspecified atom stereocenters. The highest BCUT2D eigenvalue weighted by molar-refractivity contribution is 5.17. The van der Waals surface area contributed by atoms with Gasteiger partial charge in [-0.1, -0.05) is 32.0 Å². The van der Waals surface area contributed by atoms with Crippen molar-refractivity contribution in [3.05, 3.63) is 35.6 Å². The molecule has 1 aromatic rings. The maximum atomic E-state index is 13.4. The molecule has 1 aliphatic carbocycles. The van der Waals surface area contributed by atoms with Crippen molar-refractivity contribution in [1.82, 2.24) is 5.32 Å². The van der Waals surface area contributed by atoms with Crippen molar-refractivity contribution >= 4 is 0 Å². The van der Waals surface area contributed by atoms with E-state index in [1.54, 1.807) is 6.07 Å². The van der Waals surface area contributed by atoms with Crippen LogP contribution >= 0.6 is 0 Å². The lowest BCUT2D eigenvalue weighted by atomic mass is 9.92. The Balaban J connectivity index is 1.87. The van der Waals surface area contributed by atoms with Crippen molar-refractivity contribution in [3.8, 4) is 0 Å². The number of benzene rings is 1. The molecule has 1 atom stereocenters. The Bertz CT molecular complexity index is 360. The van der Waals surface area contributed by atoms with Gasteiger partial charge in [-0.15, -0.1) is 0 Å². The Morgan fingerprint density at radius 2 is 2.12 bits per heavy atom. The van der Waals surface area contributed by atoms with Gasteiger partial charge in [-0.2, -0.15) is 0 Å². The average Bonchev–Trinajstić information content (AvgIpc) is 2.57. The molecule has 0 spiro atoms. The highest BCUT2D eigenvalue weighted by Crippen LogP contribution is 2.36. The highest BCUT2D eigenvalue weighted by atomic mass is 19.1. The van der Waals surface area contributed by atoms with E-state index in [4.69, 9.17) is 0 Å². The predicted octanol–water partition coefficient (Wildman–Crippen LogP) is 3.49. The maximum Gasteiger partial charge on any atom is 0.127 e. The van der Waals surface area contributed by atoms with Crippen molar-refractivity contribution < 1.29 is 4.39 Å². The summed E-state index contributed by atoms with van der Waals surface area (Å²) < 4.78 is 13.4. The minimum absolute atomic E-state index is 0.104. The molecule has 1 aromatic carbocycles. The van der Waals surface area contributed by atoms with E-state index in [2.05, 4.69) is 19.2 Å². The number of hydrogen-bond donors (Lipinski definition) is 1. The van der Waals surface area contributed by atoms with Crippen LogP contribution in [0.3, 0.4) is 0 Å². The molecule has 0 aliphatic heterocycles. The Morgan fingerprint density at radius 1 is 1.38 bits per heavy atom. The third-order valence-corrected chi connectivity index (χ3v) is 3.51. The first-order valence-electron chi connectivity index (χ1n) is 6.04. The van der Waals surface area contributed by atoms with Crippen molar-refractivity contribution in [1.29, 1.82) is 0 Å². The summed E-state index contributed by atoms with van der Waals surface area (Å²) >= 11 is 0. The number of rotatable bonds is 3. The van der Waals surface area contributed by atoms with Gasteiger partial charge in [0.1, 0.15) is 5.82 Å². The molecule has 0 radical (unpaired) electrons. The van der Waals surface area contributed by atoms with Gasteiger partial charge in [0.05, 0.1) is 0 Å². The third kappa shape index (κ3) is 2.82. The third-order valence-electron chi connectivity index (χ3n) is 3.51. The molecule has 1 N–H and O–H groups in total. The molecule has 88 valence electrons. The Labute approximate surface area is 97.1 Å². The van der Waals surface area contributed by atoms with Crippen molar-refractivity contribution in [2.45, 2.75) is 45.7 Å². The van der Waals surface area contributed by atoms with Crippen LogP contribution in [0.5, 0.6) is 0 Å². The zero-order valence-corrected chi connectivity index (χ0v) is 10.1. The summed E-state index contributed by atoms with van der Waals surface area (Å²) in [7, 11) is 0. The Morgan fingerprint density at radius 3 is 2.75 bits per heavy atom. The zero-order chi connectivity index (χ0) is 11.6. The van der Waals surface area contributed by atoms with Gasteiger partial charge in [0, 0.05) is 18.2 Å². The van der Waals surface area contributed by atoms with Gasteiger partial charge < -0.3 is 5.32 Å². The molecule has 0 bridgehead atoms. The van der Waals surface area contributed by atoms with Crippen LogP contribution in [0.2, 0.25) is 0 Å². The first-order chi connectivity index (χ1) is 7.57. The van der Waals surface area contributed by atoms with E-state index in [0.717, 1.165) is 5.56 Å². The first-order valence-corrected chi connectivity index (χ1v) is 6.04. The molecule has 2 rings (SSSR count). The lowest BCUT2D eigenvalue weighted by molar-refractivity contribution is 0.363. The number of nitrogens with one attached hydrogen (secondary N) is 1. The molecule has 0 heterocycles. The van der Waals surface area contributed by atoms with Crippen LogP contribution < -0.4 is 5.32 Å². The second-order valence-corrected chi connectivity index (χ2v) is 5.58. The Kier molecular flexibility index (Phi) is 3.29. The topological polar surface area (TPSA) is 12.0 Å². The fourth-order valence-corrected chi connectivity index (χ4v) is 2.51. The van der Waals surface area contributed by atoms with Crippen LogP contribution in [-0.4, -0.2) is 6.04 Å². The molecular formula is C14H20FN. The lowest BCUT2D eigenvalue weighted by Gasteiger charge is -2.18. The van der Waals surface area contributed by atoms with E-state index in [9.17, 15) is 4.39 Å². The van der Waals surface area contributed by atoms with Crippen molar-refractivity contribution in [2.75, 3.05) is 0 Å². The molecular weight excluding hydrogens is 201 g/mol. The highest BCUT2D eigenvalue weighted by Gasteiger charge is 2.30. The minimum atomic E-state index is -0.104. The minimum Gasteiger partial charge on any atom is -0.310 e. The molecule has 1 nitrogen and oxygen atoms in total. The number of hydrogen-bond acceptors (Lipinski definition) is 1. The molecule has 1 fully saturated rings. The van der Waals surface area contributed by atoms with Gasteiger partial charge >= 0.3 is 0 Å². The molecule has 2 heteroatoms. The number of halogens is 1. The average molecular weight is 221 g/mol. The van der Waals surface area contributed by atoms with E-state index in [0.29, 0.717) is 18.0 Å². The Hall–Kier alpha value is -0.890. The first kappa shape index (κ1) is 11.6. The smallest absolute Gasteiger partial charge is 0.127 e. The van der Waals surface area contributed by atoms with Gasteiger partial charge in [-0.05, 0) is 30.7 Å². The maximum absolute atomic E-state index is 13.4. The van der Waals surface area contributed by atoms with E-state index in [1.165, 1.54) is 25.3 Å². The van der Waals surface area contributed by atoms with Crippen LogP contribution in [0.15, 0.2) is 24.3 Å². The van der Waals surface area contributed by atoms with E-state index >= 15 is 0 Å². The van der Waals surface area contributed by atoms with E-state index in [1.807, 2.05) is 12.1 Å². The molecule has 1 saturated carbocycles. The van der Waals surface area contributed by atoms with Gasteiger partial charge in [-0.25, -0.2) is 4.39 Å². The van der Waals surface area contributed by atoms with Crippen LogP contribution in [0.1, 0.15) is 38.7 Å². The lowest BCUT2D eigenvalue weighted by Crippen LogP contribution is -2.27. The molecule has 1 aliphatic rings. The van der Waals surface area contributed by atoms with Crippen LogP contribution in [0, 0.1) is 11.2 Å². The quantitative estimate of drug-likeness (QED) is 0.823. The summed E-state index contributed by atoms with van der Waals surface area (Å²) in [5, 5.41) is 3.45. The van der Waals surface area contributed by atoms with Crippen LogP contribution in [-0.2, 0) is 6.54 Å². The van der Waals surface area contributed by atoms with Crippen molar-refractivity contribution in [3.63, 3.8) is 0 Å². The van der Waals surface area contributed by atoms with Gasteiger partial charge in [0.2, 0.25) is 0 Å². The normalized spacial score (nSPS) is 23.6. The summed E-state index contributed by atoms with van der Waals surface area (Å²) in [5.41, 5.74) is 1.22. The monoisotopic (exact) mass is 221 g/mol. The fourth-order valence-electron chi connectivity index (χ4n) is 2.51. The summed E-state index contributed by atoms with van der Waals surface area (Å²) in [5.74, 6) is -0.104. The second-order valence-electron chi connectivity index (χ2n) is 5.58. The zero-order valence-electron chi connectivity index (χ0n) is 10.1. The SMILES string of the molecule is CC1(C)CCC(NCc2ccccc2F)C1. The van der Waals surface area contributed by atoms with Crippen LogP contribution in [0.25, 0.3) is 0 Å². The summed E-state index contributed by atoms with van der Waals surface area (Å²) in [6.07, 6.45) is 3.67. The van der Waals surface area contributed by atoms with E-state index < -0.39 is 0 Å². The molecule has 16 heavy (non-hydrogen) atoms. The van der Waals surface area contributed by atoms with Gasteiger partial charge in [0.25, 0.3) is 0 Å². The molecule has 0 aromatic heterocycles. The van der Waals surface area contributed by atoms with Crippen LogP contribution in [0.4, 0.5) is 4.39 Å². The van der Waals surface area contributed by atoms with Gasteiger partial charge in [-0.3, -0.25) is 0 Å². The largest absolute Gasteiger partial charge is 0.310 e. The fraction of sp³-hybridized carbons (Fsp3) is 0.571. The van der Waals surface area contributed by atoms with Gasteiger partial charge in [0.15, 0.2) is 0 Å². The van der Waals surface area contributed by atoms with E-state index in [-0.39, 0.29) is 5.82 Å². The predicted molar refractivity (Wildman–Crippen MR) is 64.7 cm³/mol. The summed E-state index contributed by atoms with van der Waals surface area (Å²) in [4.78, 5) is 0. The summed E-state index contributed by atoms with van der Waals surface area (Å²) in [6, 6.07) is 7.54. The standard InChI is InChI=1S/C14H20FN/c1-14(2)8-7-12(9-14)16-10-11-5-3-4-6-13(11)15/h3-6,12,16H,7-10H2,1-2H3. The van der Waals surface area contributed by atoms with Crippen molar-refractivity contribution in [2.24, 2.45) is 5.41 Å². The molecule has 0 saturated heterocycles.